The van der Waals surface area contributed by atoms with E-state index >= 15 is 0 Å². The molecule has 24 heavy (non-hydrogen) atoms. The minimum Gasteiger partial charge on any atom is -0.489 e. The molecule has 0 atom stereocenters. The van der Waals surface area contributed by atoms with Gasteiger partial charge in [0.05, 0.1) is 0 Å². The van der Waals surface area contributed by atoms with Crippen LogP contribution in [0.5, 0.6) is 5.75 Å². The predicted molar refractivity (Wildman–Crippen MR) is 94.1 cm³/mol. The summed E-state index contributed by atoms with van der Waals surface area (Å²) < 4.78 is 5.76. The second kappa shape index (κ2) is 8.54. The van der Waals surface area contributed by atoms with Crippen LogP contribution in [0.15, 0.2) is 60.2 Å². The Balaban J connectivity index is 2.10. The smallest absolute Gasteiger partial charge is 0.262 e. The fourth-order valence-corrected chi connectivity index (χ4v) is 2.09. The van der Waals surface area contributed by atoms with Gasteiger partial charge in [-0.3, -0.25) is 4.79 Å². The van der Waals surface area contributed by atoms with E-state index in [1.807, 2.05) is 74.5 Å². The van der Waals surface area contributed by atoms with Gasteiger partial charge in [0.25, 0.3) is 5.91 Å². The Morgan fingerprint density at radius 2 is 1.96 bits per heavy atom. The minimum atomic E-state index is -0.372. The zero-order valence-corrected chi connectivity index (χ0v) is 13.8. The molecule has 0 fully saturated rings. The molecule has 0 saturated carbocycles. The lowest BCUT2D eigenvalue weighted by Gasteiger charge is -2.08. The zero-order valence-electron chi connectivity index (χ0n) is 13.8. The summed E-state index contributed by atoms with van der Waals surface area (Å²) in [6.45, 7) is 4.17. The van der Waals surface area contributed by atoms with Crippen molar-refractivity contribution in [3.63, 3.8) is 0 Å². The Bertz CT molecular complexity index is 759. The molecule has 0 unspecified atom stereocenters. The normalized spacial score (nSPS) is 11.0. The van der Waals surface area contributed by atoms with Gasteiger partial charge < -0.3 is 10.1 Å². The molecule has 0 radical (unpaired) electrons. The van der Waals surface area contributed by atoms with Crippen LogP contribution in [0.25, 0.3) is 6.08 Å². The van der Waals surface area contributed by atoms with Gasteiger partial charge in [-0.25, -0.2) is 0 Å². The first-order valence-electron chi connectivity index (χ1n) is 7.78. The van der Waals surface area contributed by atoms with E-state index in [9.17, 15) is 10.1 Å². The third kappa shape index (κ3) is 5.29. The van der Waals surface area contributed by atoms with Gasteiger partial charge in [0, 0.05) is 6.04 Å². The average molecular weight is 320 g/mol. The lowest BCUT2D eigenvalue weighted by molar-refractivity contribution is -0.117. The number of nitrogens with zero attached hydrogens (tertiary/aromatic N) is 1. The molecule has 4 nitrogen and oxygen atoms in total. The molecule has 0 aromatic heterocycles. The van der Waals surface area contributed by atoms with Crippen LogP contribution in [0.3, 0.4) is 0 Å². The molecule has 0 heterocycles. The van der Waals surface area contributed by atoms with Gasteiger partial charge in [0.1, 0.15) is 24.0 Å². The van der Waals surface area contributed by atoms with Crippen LogP contribution < -0.4 is 10.1 Å². The first-order chi connectivity index (χ1) is 11.6. The highest BCUT2D eigenvalue weighted by atomic mass is 16.5. The van der Waals surface area contributed by atoms with E-state index in [0.29, 0.717) is 12.4 Å². The number of hydrogen-bond donors (Lipinski definition) is 1. The van der Waals surface area contributed by atoms with Crippen molar-refractivity contribution in [3.05, 3.63) is 71.3 Å². The molecule has 1 amide bonds. The number of nitrogens with one attached hydrogen (secondary N) is 1. The number of carbonyl (C=O) groups excluding carboxylic acids is 1. The number of rotatable bonds is 6. The summed E-state index contributed by atoms with van der Waals surface area (Å²) in [4.78, 5) is 12.0. The third-order valence-electron chi connectivity index (χ3n) is 3.20. The number of ether oxygens (including phenoxy) is 1. The topological polar surface area (TPSA) is 62.1 Å². The van der Waals surface area contributed by atoms with Crippen molar-refractivity contribution < 1.29 is 9.53 Å². The molecule has 0 saturated heterocycles. The number of hydrogen-bond acceptors (Lipinski definition) is 3. The minimum absolute atomic E-state index is 0.0187. The van der Waals surface area contributed by atoms with Gasteiger partial charge in [0.15, 0.2) is 0 Å². The van der Waals surface area contributed by atoms with E-state index < -0.39 is 0 Å². The summed E-state index contributed by atoms with van der Waals surface area (Å²) in [5.41, 5.74) is 1.90. The molecule has 0 bridgehead atoms. The molecular formula is C20H20N2O2. The number of benzene rings is 2. The Hall–Kier alpha value is -3.06. The molecule has 0 spiro atoms. The first kappa shape index (κ1) is 17.3. The van der Waals surface area contributed by atoms with Crippen molar-refractivity contribution >= 4 is 12.0 Å². The van der Waals surface area contributed by atoms with E-state index in [-0.39, 0.29) is 17.5 Å². The average Bonchev–Trinajstić information content (AvgIpc) is 2.58. The SMILES string of the molecule is CC(C)NC(=O)/C(C#N)=C/c1cccc(OCc2ccccc2)c1. The molecule has 2 rings (SSSR count). The van der Waals surface area contributed by atoms with Crippen molar-refractivity contribution in [2.24, 2.45) is 0 Å². The fraction of sp³-hybridized carbons (Fsp3) is 0.200. The molecule has 0 aliphatic carbocycles. The van der Waals surface area contributed by atoms with Gasteiger partial charge in [-0.05, 0) is 43.2 Å². The fourth-order valence-electron chi connectivity index (χ4n) is 2.09. The van der Waals surface area contributed by atoms with Crippen LogP contribution >= 0.6 is 0 Å². The highest BCUT2D eigenvalue weighted by Crippen LogP contribution is 2.17. The van der Waals surface area contributed by atoms with Crippen molar-refractivity contribution in [1.29, 1.82) is 5.26 Å². The Morgan fingerprint density at radius 3 is 2.62 bits per heavy atom. The Kier molecular flexibility index (Phi) is 6.16. The molecular weight excluding hydrogens is 300 g/mol. The van der Waals surface area contributed by atoms with Crippen LogP contribution in [0.2, 0.25) is 0 Å². The van der Waals surface area contributed by atoms with Crippen LogP contribution in [-0.2, 0) is 11.4 Å². The van der Waals surface area contributed by atoms with Gasteiger partial charge in [-0.15, -0.1) is 0 Å². The van der Waals surface area contributed by atoms with Crippen molar-refractivity contribution in [3.8, 4) is 11.8 Å². The maximum atomic E-state index is 12.0. The van der Waals surface area contributed by atoms with Crippen LogP contribution in [0, 0.1) is 11.3 Å². The Morgan fingerprint density at radius 1 is 1.21 bits per heavy atom. The molecule has 0 aliphatic heterocycles. The maximum absolute atomic E-state index is 12.0. The molecule has 1 N–H and O–H groups in total. The molecule has 2 aromatic rings. The maximum Gasteiger partial charge on any atom is 0.262 e. The summed E-state index contributed by atoms with van der Waals surface area (Å²) in [7, 11) is 0. The van der Waals surface area contributed by atoms with Crippen molar-refractivity contribution in [1.82, 2.24) is 5.32 Å². The van der Waals surface area contributed by atoms with E-state index in [0.717, 1.165) is 11.1 Å². The number of amides is 1. The van der Waals surface area contributed by atoms with E-state index in [2.05, 4.69) is 5.32 Å². The summed E-state index contributed by atoms with van der Waals surface area (Å²) in [5, 5.41) is 11.9. The summed E-state index contributed by atoms with van der Waals surface area (Å²) in [5.74, 6) is 0.317. The second-order valence-electron chi connectivity index (χ2n) is 5.64. The van der Waals surface area contributed by atoms with Gasteiger partial charge >= 0.3 is 0 Å². The molecule has 0 aliphatic rings. The summed E-state index contributed by atoms with van der Waals surface area (Å²) >= 11 is 0. The van der Waals surface area contributed by atoms with E-state index in [1.165, 1.54) is 0 Å². The van der Waals surface area contributed by atoms with Gasteiger partial charge in [0.2, 0.25) is 0 Å². The molecule has 2 aromatic carbocycles. The lowest BCUT2D eigenvalue weighted by Crippen LogP contribution is -2.30. The third-order valence-corrected chi connectivity index (χ3v) is 3.20. The quantitative estimate of drug-likeness (QED) is 0.652. The number of carbonyl (C=O) groups is 1. The standard InChI is InChI=1S/C20H20N2O2/c1-15(2)22-20(23)18(13-21)11-17-9-6-10-19(12-17)24-14-16-7-4-3-5-8-16/h3-12,15H,14H2,1-2H3,(H,22,23)/b18-11+. The lowest BCUT2D eigenvalue weighted by atomic mass is 10.1. The Labute approximate surface area is 142 Å². The van der Waals surface area contributed by atoms with Gasteiger partial charge in [-0.1, -0.05) is 42.5 Å². The predicted octanol–water partition coefficient (Wildman–Crippen LogP) is 3.70. The highest BCUT2D eigenvalue weighted by Gasteiger charge is 2.10. The first-order valence-corrected chi connectivity index (χ1v) is 7.78. The van der Waals surface area contributed by atoms with E-state index in [1.54, 1.807) is 6.08 Å². The monoisotopic (exact) mass is 320 g/mol. The molecule has 122 valence electrons. The van der Waals surface area contributed by atoms with Crippen LogP contribution in [0.4, 0.5) is 0 Å². The van der Waals surface area contributed by atoms with Crippen molar-refractivity contribution in [2.75, 3.05) is 0 Å². The number of nitriles is 1. The van der Waals surface area contributed by atoms with Crippen LogP contribution in [-0.4, -0.2) is 11.9 Å². The zero-order chi connectivity index (χ0) is 17.4. The summed E-state index contributed by atoms with van der Waals surface area (Å²) in [6.07, 6.45) is 1.56. The van der Waals surface area contributed by atoms with Crippen molar-refractivity contribution in [2.45, 2.75) is 26.5 Å². The summed E-state index contributed by atoms with van der Waals surface area (Å²) in [6, 6.07) is 19.1. The largest absolute Gasteiger partial charge is 0.489 e. The highest BCUT2D eigenvalue weighted by molar-refractivity contribution is 6.01. The molecule has 4 heteroatoms. The van der Waals surface area contributed by atoms with Crippen LogP contribution in [0.1, 0.15) is 25.0 Å². The van der Waals surface area contributed by atoms with Gasteiger partial charge in [-0.2, -0.15) is 5.26 Å². The van der Waals surface area contributed by atoms with E-state index in [4.69, 9.17) is 4.74 Å². The second-order valence-corrected chi connectivity index (χ2v) is 5.64.